The molecule has 1 aliphatic carbocycles. The number of ether oxygens (including phenoxy) is 3. The van der Waals surface area contributed by atoms with Gasteiger partial charge < -0.3 is 40.8 Å². The first-order valence-corrected chi connectivity index (χ1v) is 20.9. The van der Waals surface area contributed by atoms with E-state index < -0.39 is 77.8 Å². The van der Waals surface area contributed by atoms with Crippen molar-refractivity contribution in [1.82, 2.24) is 26.6 Å². The number of fused-ring (bicyclic) bond motifs is 2. The zero-order valence-electron chi connectivity index (χ0n) is 34.8. The van der Waals surface area contributed by atoms with Crippen molar-refractivity contribution in [3.05, 3.63) is 65.7 Å². The van der Waals surface area contributed by atoms with E-state index in [9.17, 15) is 33.6 Å². The van der Waals surface area contributed by atoms with Crippen LogP contribution in [-0.2, 0) is 44.7 Å². The van der Waals surface area contributed by atoms with E-state index in [0.29, 0.717) is 49.2 Å². The number of Topliss-reactive ketones (excluding diaryl/α,β-unsaturated/α-hetero) is 1. The fourth-order valence-electron chi connectivity index (χ4n) is 7.15. The molecule has 2 aromatic rings. The molecule has 15 nitrogen and oxygen atoms in total. The van der Waals surface area contributed by atoms with Gasteiger partial charge in [0.05, 0.1) is 25.8 Å². The average Bonchev–Trinajstić information content (AvgIpc) is 3.21. The van der Waals surface area contributed by atoms with Gasteiger partial charge in [-0.15, -0.1) is 0 Å². The number of amides is 5. The second kappa shape index (κ2) is 23.2. The minimum absolute atomic E-state index is 0.0102. The van der Waals surface area contributed by atoms with Crippen LogP contribution in [0.2, 0.25) is 0 Å². The Balaban J connectivity index is 1.50. The Hall–Kier alpha value is -5.47. The fraction of sp³-hybridized carbons (Fsp3) is 0.568. The molecule has 322 valence electrons. The van der Waals surface area contributed by atoms with Gasteiger partial charge in [0.25, 0.3) is 5.91 Å². The summed E-state index contributed by atoms with van der Waals surface area (Å²) in [5.74, 6) is -4.42. The number of carbonyl (C=O) groups is 7. The predicted octanol–water partition coefficient (Wildman–Crippen LogP) is 4.51. The van der Waals surface area contributed by atoms with Crippen LogP contribution in [0.5, 0.6) is 5.75 Å². The molecule has 5 amide bonds. The Morgan fingerprint density at radius 1 is 0.831 bits per heavy atom. The van der Waals surface area contributed by atoms with Gasteiger partial charge in [-0.2, -0.15) is 0 Å². The van der Waals surface area contributed by atoms with Crippen LogP contribution in [0, 0.1) is 5.92 Å². The number of hydrogen-bond acceptors (Lipinski definition) is 10. The zero-order valence-corrected chi connectivity index (χ0v) is 34.8. The summed E-state index contributed by atoms with van der Waals surface area (Å²) in [5.41, 5.74) is 0.305. The van der Waals surface area contributed by atoms with Crippen molar-refractivity contribution >= 4 is 41.5 Å². The summed E-state index contributed by atoms with van der Waals surface area (Å²) >= 11 is 0. The smallest absolute Gasteiger partial charge is 0.407 e. The highest BCUT2D eigenvalue weighted by Crippen LogP contribution is 2.27. The highest BCUT2D eigenvalue weighted by atomic mass is 16.6. The average molecular weight is 820 g/mol. The molecule has 4 atom stereocenters. The number of cyclic esters (lactones) is 1. The lowest BCUT2D eigenvalue weighted by Crippen LogP contribution is -2.59. The molecule has 1 heterocycles. The van der Waals surface area contributed by atoms with E-state index >= 15 is 0 Å². The van der Waals surface area contributed by atoms with Crippen LogP contribution >= 0.6 is 0 Å². The lowest BCUT2D eigenvalue weighted by molar-refractivity contribution is -0.158. The first-order chi connectivity index (χ1) is 28.2. The summed E-state index contributed by atoms with van der Waals surface area (Å²) in [6.07, 6.45) is 7.22. The predicted molar refractivity (Wildman–Crippen MR) is 219 cm³/mol. The third-order valence-corrected chi connectivity index (χ3v) is 10.1. The van der Waals surface area contributed by atoms with Gasteiger partial charge in [-0.3, -0.25) is 24.0 Å². The molecule has 1 fully saturated rings. The first kappa shape index (κ1) is 46.2. The van der Waals surface area contributed by atoms with Crippen molar-refractivity contribution in [2.45, 2.75) is 135 Å². The number of rotatable bonds is 12. The Morgan fingerprint density at radius 2 is 1.51 bits per heavy atom. The summed E-state index contributed by atoms with van der Waals surface area (Å²) < 4.78 is 16.9. The molecule has 1 aliphatic heterocycles. The zero-order chi connectivity index (χ0) is 42.8. The Labute approximate surface area is 346 Å². The molecule has 0 saturated heterocycles. The number of nitrogens with one attached hydrogen (secondary N) is 5. The van der Waals surface area contributed by atoms with E-state index in [1.54, 1.807) is 76.2 Å². The largest absolute Gasteiger partial charge is 0.494 e. The Bertz CT molecular complexity index is 1740. The van der Waals surface area contributed by atoms with Gasteiger partial charge in [-0.1, -0.05) is 75.1 Å². The van der Waals surface area contributed by atoms with Gasteiger partial charge in [0.2, 0.25) is 23.5 Å². The van der Waals surface area contributed by atoms with E-state index in [2.05, 4.69) is 26.6 Å². The second-order valence-corrected chi connectivity index (χ2v) is 16.2. The summed E-state index contributed by atoms with van der Waals surface area (Å²) in [7, 11) is 0. The van der Waals surface area contributed by atoms with Crippen molar-refractivity contribution < 1.29 is 47.8 Å². The maximum atomic E-state index is 14.1. The van der Waals surface area contributed by atoms with Gasteiger partial charge >= 0.3 is 12.1 Å². The summed E-state index contributed by atoms with van der Waals surface area (Å²) in [6, 6.07) is 11.0. The minimum atomic E-state index is -1.30. The van der Waals surface area contributed by atoms with Crippen LogP contribution in [-0.4, -0.2) is 85.0 Å². The molecule has 4 rings (SSSR count). The van der Waals surface area contributed by atoms with Gasteiger partial charge in [-0.25, -0.2) is 9.59 Å². The van der Waals surface area contributed by atoms with Crippen LogP contribution < -0.4 is 31.3 Å². The highest BCUT2D eigenvalue weighted by Gasteiger charge is 2.36. The molecule has 15 heteroatoms. The molecule has 1 unspecified atom stereocenters. The summed E-state index contributed by atoms with van der Waals surface area (Å²) in [6.45, 7) is 6.90. The number of benzene rings is 2. The quantitative estimate of drug-likeness (QED) is 0.150. The maximum absolute atomic E-state index is 14.1. The molecule has 0 aromatic heterocycles. The second-order valence-electron chi connectivity index (χ2n) is 16.2. The topological polar surface area (TPSA) is 207 Å². The molecule has 59 heavy (non-hydrogen) atoms. The van der Waals surface area contributed by atoms with Gasteiger partial charge in [0.15, 0.2) is 6.04 Å². The molecule has 1 saturated carbocycles. The van der Waals surface area contributed by atoms with Gasteiger partial charge in [-0.05, 0) is 94.9 Å². The molecule has 0 spiro atoms. The van der Waals surface area contributed by atoms with E-state index in [1.165, 1.54) is 0 Å². The van der Waals surface area contributed by atoms with Crippen LogP contribution in [0.15, 0.2) is 54.6 Å². The molecule has 2 bridgehead atoms. The summed E-state index contributed by atoms with van der Waals surface area (Å²) in [5, 5.41) is 13.2. The molecular weight excluding hydrogens is 759 g/mol. The fourth-order valence-corrected chi connectivity index (χ4v) is 7.15. The number of hydrogen-bond donors (Lipinski definition) is 5. The first-order valence-electron chi connectivity index (χ1n) is 20.9. The Morgan fingerprint density at radius 3 is 2.19 bits per heavy atom. The maximum Gasteiger partial charge on any atom is 0.407 e. The molecule has 0 radical (unpaired) electrons. The van der Waals surface area contributed by atoms with Crippen LogP contribution in [0.4, 0.5) is 4.79 Å². The molecule has 5 N–H and O–H groups in total. The number of ketones is 1. The van der Waals surface area contributed by atoms with Crippen LogP contribution in [0.1, 0.15) is 115 Å². The van der Waals surface area contributed by atoms with Crippen molar-refractivity contribution in [2.24, 2.45) is 5.92 Å². The van der Waals surface area contributed by atoms with E-state index in [1.807, 2.05) is 6.07 Å². The third-order valence-electron chi connectivity index (χ3n) is 10.1. The summed E-state index contributed by atoms with van der Waals surface area (Å²) in [4.78, 5) is 94.0. The van der Waals surface area contributed by atoms with Crippen LogP contribution in [0.3, 0.4) is 0 Å². The van der Waals surface area contributed by atoms with E-state index in [-0.39, 0.29) is 25.4 Å². The number of alkyl carbamates (subject to hydrolysis) is 1. The van der Waals surface area contributed by atoms with Crippen LogP contribution in [0.25, 0.3) is 0 Å². The molecule has 2 aromatic carbocycles. The normalized spacial score (nSPS) is 19.7. The van der Waals surface area contributed by atoms with Gasteiger partial charge in [0.1, 0.15) is 23.4 Å². The minimum Gasteiger partial charge on any atom is -0.494 e. The number of esters is 1. The molecular formula is C44H61N5O10. The van der Waals surface area contributed by atoms with Crippen molar-refractivity contribution in [3.63, 3.8) is 0 Å². The molecule has 2 aliphatic rings. The standard InChI is InChI=1S/C44H61N5O10/c1-5-17-33(38(51)41(54)45-28-35(50)48-37(31-21-12-9-13-22-31)42(55)59-44(2,3)4)46-39(52)34-27-29-18-16-23-32(26-29)57-24-14-6-7-15-25-58-43(56)49-36(40(53)47-34)30-19-10-8-11-20-30/h9,12-13,16,18,21-23,26,30,33-34,36-37H,5-8,10-11,14-15,17,19-20,24-25,27-28H2,1-4H3,(H,45,54)(H,46,52)(H,47,53)(H,48,50)(H,49,56)/t33?,34-,36-,37-/m0/s1. The lowest BCUT2D eigenvalue weighted by atomic mass is 9.83. The number of carbonyl (C=O) groups excluding carboxylic acids is 7. The van der Waals surface area contributed by atoms with Crippen molar-refractivity contribution in [2.75, 3.05) is 19.8 Å². The highest BCUT2D eigenvalue weighted by molar-refractivity contribution is 6.38. The SMILES string of the molecule is CCCC(NC(=O)[C@@H]1Cc2cccc(c2)OCCCCCCOC(=O)N[C@@H](C2CCCCC2)C(=O)N1)C(=O)C(=O)NCC(=O)N[C@H](C(=O)OC(C)(C)C)c1ccccc1. The van der Waals surface area contributed by atoms with E-state index in [4.69, 9.17) is 14.2 Å². The van der Waals surface area contributed by atoms with Crippen molar-refractivity contribution in [3.8, 4) is 5.75 Å². The monoisotopic (exact) mass is 819 g/mol. The van der Waals surface area contributed by atoms with Gasteiger partial charge in [0, 0.05) is 6.42 Å². The lowest BCUT2D eigenvalue weighted by Gasteiger charge is -2.31. The Kier molecular flexibility index (Phi) is 18.2. The van der Waals surface area contributed by atoms with E-state index in [0.717, 1.165) is 38.5 Å². The third kappa shape index (κ3) is 15.7. The van der Waals surface area contributed by atoms with Crippen molar-refractivity contribution in [1.29, 1.82) is 0 Å².